The number of rotatable bonds is 5. The maximum atomic E-state index is 11.5. The molecule has 4 nitrogen and oxygen atoms in total. The number of carbonyl (C=O) groups is 1. The van der Waals surface area contributed by atoms with Crippen LogP contribution in [0.5, 0.6) is 0 Å². The molecule has 0 unspecified atom stereocenters. The SMILES string of the molecule is COC(=O)CC1CCC(c2ccc(-c3ccc(C4OCCO4)cc3)cc2)CC1. The molecule has 1 aliphatic heterocycles. The van der Waals surface area contributed by atoms with E-state index < -0.39 is 0 Å². The highest BCUT2D eigenvalue weighted by molar-refractivity contribution is 5.69. The molecule has 1 aliphatic carbocycles. The van der Waals surface area contributed by atoms with E-state index in [0.717, 1.165) is 31.2 Å². The van der Waals surface area contributed by atoms with Gasteiger partial charge in [0.1, 0.15) is 0 Å². The van der Waals surface area contributed by atoms with Crippen molar-refractivity contribution >= 4 is 5.97 Å². The Morgan fingerprint density at radius 2 is 1.39 bits per heavy atom. The quantitative estimate of drug-likeness (QED) is 0.666. The smallest absolute Gasteiger partial charge is 0.305 e. The maximum Gasteiger partial charge on any atom is 0.305 e. The van der Waals surface area contributed by atoms with E-state index in [4.69, 9.17) is 14.2 Å². The molecule has 28 heavy (non-hydrogen) atoms. The second kappa shape index (κ2) is 8.89. The molecular weight excluding hydrogens is 352 g/mol. The number of esters is 1. The monoisotopic (exact) mass is 380 g/mol. The summed E-state index contributed by atoms with van der Waals surface area (Å²) in [5, 5.41) is 0. The van der Waals surface area contributed by atoms with Crippen LogP contribution in [0.2, 0.25) is 0 Å². The number of ether oxygens (including phenoxy) is 3. The fourth-order valence-corrected chi connectivity index (χ4v) is 4.35. The van der Waals surface area contributed by atoms with E-state index in [1.54, 1.807) is 0 Å². The van der Waals surface area contributed by atoms with Gasteiger partial charge in [0.25, 0.3) is 0 Å². The van der Waals surface area contributed by atoms with Crippen molar-refractivity contribution in [2.24, 2.45) is 5.92 Å². The zero-order valence-electron chi connectivity index (χ0n) is 16.4. The molecule has 2 aromatic carbocycles. The zero-order chi connectivity index (χ0) is 19.3. The van der Waals surface area contributed by atoms with Crippen molar-refractivity contribution in [3.8, 4) is 11.1 Å². The van der Waals surface area contributed by atoms with Crippen LogP contribution in [0.25, 0.3) is 11.1 Å². The standard InChI is InChI=1S/C24H28O4/c1-26-23(25)16-17-2-4-18(5-3-17)19-6-8-20(9-7-19)21-10-12-22(13-11-21)24-27-14-15-28-24/h6-13,17-18,24H,2-5,14-16H2,1H3. The number of benzene rings is 2. The summed E-state index contributed by atoms with van der Waals surface area (Å²) in [6.07, 6.45) is 4.86. The fraction of sp³-hybridized carbons (Fsp3) is 0.458. The summed E-state index contributed by atoms with van der Waals surface area (Å²) in [5.41, 5.74) is 4.91. The minimum absolute atomic E-state index is 0.0788. The molecule has 2 aliphatic rings. The highest BCUT2D eigenvalue weighted by Gasteiger charge is 2.24. The second-order valence-corrected chi connectivity index (χ2v) is 7.82. The molecule has 2 fully saturated rings. The highest BCUT2D eigenvalue weighted by atomic mass is 16.7. The third kappa shape index (κ3) is 4.45. The van der Waals surface area contributed by atoms with E-state index in [1.807, 2.05) is 0 Å². The first-order chi connectivity index (χ1) is 13.7. The molecule has 0 spiro atoms. The largest absolute Gasteiger partial charge is 0.469 e. The molecule has 0 radical (unpaired) electrons. The molecule has 1 heterocycles. The third-order valence-electron chi connectivity index (χ3n) is 6.05. The van der Waals surface area contributed by atoms with Crippen LogP contribution in [0.4, 0.5) is 0 Å². The van der Waals surface area contributed by atoms with Crippen molar-refractivity contribution in [1.29, 1.82) is 0 Å². The Hall–Kier alpha value is -2.17. The topological polar surface area (TPSA) is 44.8 Å². The molecule has 0 bridgehead atoms. The average Bonchev–Trinajstić information content (AvgIpc) is 3.29. The van der Waals surface area contributed by atoms with Gasteiger partial charge in [-0.1, -0.05) is 48.5 Å². The Bertz CT molecular complexity index is 767. The lowest BCUT2D eigenvalue weighted by Crippen LogP contribution is -2.17. The van der Waals surface area contributed by atoms with Gasteiger partial charge in [0.15, 0.2) is 6.29 Å². The summed E-state index contributed by atoms with van der Waals surface area (Å²) in [5.74, 6) is 1.00. The first-order valence-corrected chi connectivity index (χ1v) is 10.2. The van der Waals surface area contributed by atoms with Crippen molar-refractivity contribution < 1.29 is 19.0 Å². The summed E-state index contributed by atoms with van der Waals surface area (Å²) in [6.45, 7) is 1.33. The Morgan fingerprint density at radius 3 is 1.93 bits per heavy atom. The van der Waals surface area contributed by atoms with Gasteiger partial charge >= 0.3 is 5.97 Å². The lowest BCUT2D eigenvalue weighted by molar-refractivity contribution is -0.142. The average molecular weight is 380 g/mol. The zero-order valence-corrected chi connectivity index (χ0v) is 16.4. The molecule has 0 aromatic heterocycles. The minimum atomic E-state index is -0.217. The molecule has 0 N–H and O–H groups in total. The van der Waals surface area contributed by atoms with Crippen LogP contribution in [0, 0.1) is 5.92 Å². The molecule has 1 saturated heterocycles. The molecule has 1 saturated carbocycles. The molecule has 2 aromatic rings. The maximum absolute atomic E-state index is 11.5. The summed E-state index contributed by atoms with van der Waals surface area (Å²) < 4.78 is 15.9. The summed E-state index contributed by atoms with van der Waals surface area (Å²) >= 11 is 0. The Morgan fingerprint density at radius 1 is 0.857 bits per heavy atom. The van der Waals surface area contributed by atoms with Crippen LogP contribution in [-0.4, -0.2) is 26.3 Å². The van der Waals surface area contributed by atoms with Crippen LogP contribution in [-0.2, 0) is 19.0 Å². The van der Waals surface area contributed by atoms with Crippen LogP contribution >= 0.6 is 0 Å². The number of methoxy groups -OCH3 is 1. The van der Waals surface area contributed by atoms with E-state index in [9.17, 15) is 4.79 Å². The van der Waals surface area contributed by atoms with Gasteiger partial charge in [0.05, 0.1) is 20.3 Å². The molecule has 4 rings (SSSR count). The van der Waals surface area contributed by atoms with Crippen LogP contribution in [0.1, 0.15) is 55.4 Å². The number of hydrogen-bond donors (Lipinski definition) is 0. The van der Waals surface area contributed by atoms with Crippen molar-refractivity contribution in [1.82, 2.24) is 0 Å². The minimum Gasteiger partial charge on any atom is -0.469 e. The highest BCUT2D eigenvalue weighted by Crippen LogP contribution is 2.37. The summed E-state index contributed by atoms with van der Waals surface area (Å²) in [6, 6.07) is 17.4. The Labute approximate surface area is 166 Å². The van der Waals surface area contributed by atoms with Gasteiger partial charge in [0, 0.05) is 12.0 Å². The Balaban J connectivity index is 1.36. The normalized spacial score (nSPS) is 22.9. The van der Waals surface area contributed by atoms with Crippen LogP contribution in [0.15, 0.2) is 48.5 Å². The molecule has 148 valence electrons. The fourth-order valence-electron chi connectivity index (χ4n) is 4.35. The predicted molar refractivity (Wildman–Crippen MR) is 108 cm³/mol. The van der Waals surface area contributed by atoms with Crippen molar-refractivity contribution in [2.75, 3.05) is 20.3 Å². The van der Waals surface area contributed by atoms with Gasteiger partial charge in [0.2, 0.25) is 0 Å². The van der Waals surface area contributed by atoms with Crippen molar-refractivity contribution in [2.45, 2.75) is 44.3 Å². The lowest BCUT2D eigenvalue weighted by atomic mass is 9.77. The van der Waals surface area contributed by atoms with Gasteiger partial charge in [-0.25, -0.2) is 0 Å². The summed E-state index contributed by atoms with van der Waals surface area (Å²) in [7, 11) is 1.47. The van der Waals surface area contributed by atoms with Gasteiger partial charge in [-0.05, 0) is 54.2 Å². The summed E-state index contributed by atoms with van der Waals surface area (Å²) in [4.78, 5) is 11.5. The van der Waals surface area contributed by atoms with Crippen molar-refractivity contribution in [3.05, 3.63) is 59.7 Å². The molecule has 4 heteroatoms. The van der Waals surface area contributed by atoms with Gasteiger partial charge in [-0.2, -0.15) is 0 Å². The lowest BCUT2D eigenvalue weighted by Gasteiger charge is -2.28. The molecular formula is C24H28O4. The van der Waals surface area contributed by atoms with Gasteiger partial charge in [-0.3, -0.25) is 4.79 Å². The second-order valence-electron chi connectivity index (χ2n) is 7.82. The number of carbonyl (C=O) groups excluding carboxylic acids is 1. The third-order valence-corrected chi connectivity index (χ3v) is 6.05. The van der Waals surface area contributed by atoms with E-state index in [0.29, 0.717) is 31.5 Å². The van der Waals surface area contributed by atoms with Gasteiger partial charge in [-0.15, -0.1) is 0 Å². The van der Waals surface area contributed by atoms with Crippen molar-refractivity contribution in [3.63, 3.8) is 0 Å². The molecule has 0 amide bonds. The first kappa shape index (κ1) is 19.2. The molecule has 0 atom stereocenters. The van der Waals surface area contributed by atoms with E-state index in [2.05, 4.69) is 48.5 Å². The van der Waals surface area contributed by atoms with E-state index in [1.165, 1.54) is 23.8 Å². The van der Waals surface area contributed by atoms with E-state index >= 15 is 0 Å². The van der Waals surface area contributed by atoms with Crippen LogP contribution in [0.3, 0.4) is 0 Å². The van der Waals surface area contributed by atoms with Crippen LogP contribution < -0.4 is 0 Å². The number of hydrogen-bond acceptors (Lipinski definition) is 4. The predicted octanol–water partition coefficient (Wildman–Crippen LogP) is 5.24. The van der Waals surface area contributed by atoms with Gasteiger partial charge < -0.3 is 14.2 Å². The Kier molecular flexibility index (Phi) is 6.08. The first-order valence-electron chi connectivity index (χ1n) is 10.2. The van der Waals surface area contributed by atoms with E-state index in [-0.39, 0.29) is 12.3 Å².